The smallest absolute Gasteiger partial charge is 0.227 e. The standard InChI is InChI=1S/C24H27NO3/c1-5-23(17-8-11-21(27-3)12-9-17)25-24(26)16(2)18-6-7-20-15-22(28-4)13-10-19(20)14-18/h6-16,23H,5H2,1-4H3,(H,25,26)/t16-,23-/m0/s1. The van der Waals surface area contributed by atoms with Gasteiger partial charge in [-0.05, 0) is 59.5 Å². The fourth-order valence-electron chi connectivity index (χ4n) is 3.34. The van der Waals surface area contributed by atoms with E-state index in [1.54, 1.807) is 14.2 Å². The van der Waals surface area contributed by atoms with E-state index in [-0.39, 0.29) is 17.9 Å². The topological polar surface area (TPSA) is 47.6 Å². The first-order chi connectivity index (χ1) is 13.5. The van der Waals surface area contributed by atoms with Crippen LogP contribution in [-0.2, 0) is 4.79 Å². The number of hydrogen-bond donors (Lipinski definition) is 1. The molecule has 0 aromatic heterocycles. The molecule has 0 aliphatic rings. The van der Waals surface area contributed by atoms with Crippen LogP contribution in [0, 0.1) is 0 Å². The average molecular weight is 377 g/mol. The summed E-state index contributed by atoms with van der Waals surface area (Å²) in [6.45, 7) is 4.02. The Bertz CT molecular complexity index is 950. The number of nitrogens with one attached hydrogen (secondary N) is 1. The highest BCUT2D eigenvalue weighted by Gasteiger charge is 2.20. The van der Waals surface area contributed by atoms with Crippen LogP contribution in [0.4, 0.5) is 0 Å². The number of amides is 1. The minimum Gasteiger partial charge on any atom is -0.497 e. The van der Waals surface area contributed by atoms with E-state index in [0.717, 1.165) is 39.8 Å². The molecular formula is C24H27NO3. The highest BCUT2D eigenvalue weighted by Crippen LogP contribution is 2.26. The molecule has 1 N–H and O–H groups in total. The number of ether oxygens (including phenoxy) is 2. The molecule has 3 rings (SSSR count). The van der Waals surface area contributed by atoms with Crippen LogP contribution in [0.5, 0.6) is 11.5 Å². The summed E-state index contributed by atoms with van der Waals surface area (Å²) in [6.07, 6.45) is 0.822. The highest BCUT2D eigenvalue weighted by molar-refractivity contribution is 5.88. The molecular weight excluding hydrogens is 350 g/mol. The summed E-state index contributed by atoms with van der Waals surface area (Å²) in [5, 5.41) is 5.38. The number of hydrogen-bond acceptors (Lipinski definition) is 3. The largest absolute Gasteiger partial charge is 0.497 e. The summed E-state index contributed by atoms with van der Waals surface area (Å²) in [4.78, 5) is 12.9. The molecule has 4 nitrogen and oxygen atoms in total. The SMILES string of the molecule is CC[C@H](NC(=O)[C@@H](C)c1ccc2cc(OC)ccc2c1)c1ccc(OC)cc1. The number of carbonyl (C=O) groups excluding carboxylic acids is 1. The van der Waals surface area contributed by atoms with Crippen molar-refractivity contribution in [2.75, 3.05) is 14.2 Å². The predicted molar refractivity (Wildman–Crippen MR) is 113 cm³/mol. The van der Waals surface area contributed by atoms with Gasteiger partial charge in [-0.2, -0.15) is 0 Å². The van der Waals surface area contributed by atoms with Crippen molar-refractivity contribution in [2.24, 2.45) is 0 Å². The van der Waals surface area contributed by atoms with Crippen LogP contribution in [0.15, 0.2) is 60.7 Å². The summed E-state index contributed by atoms with van der Waals surface area (Å²) in [6, 6.07) is 19.9. The minimum absolute atomic E-state index is 0.0226. The van der Waals surface area contributed by atoms with E-state index in [1.807, 2.05) is 61.5 Å². The Balaban J connectivity index is 1.76. The fourth-order valence-corrected chi connectivity index (χ4v) is 3.34. The quantitative estimate of drug-likeness (QED) is 0.613. The molecule has 4 heteroatoms. The van der Waals surface area contributed by atoms with Crippen molar-refractivity contribution < 1.29 is 14.3 Å². The van der Waals surface area contributed by atoms with Crippen molar-refractivity contribution in [3.8, 4) is 11.5 Å². The van der Waals surface area contributed by atoms with Gasteiger partial charge >= 0.3 is 0 Å². The third kappa shape index (κ3) is 4.28. The number of fused-ring (bicyclic) bond motifs is 1. The zero-order valence-corrected chi connectivity index (χ0v) is 16.9. The van der Waals surface area contributed by atoms with Gasteiger partial charge < -0.3 is 14.8 Å². The Morgan fingerprint density at radius 1 is 0.857 bits per heavy atom. The normalized spacial score (nSPS) is 13.0. The van der Waals surface area contributed by atoms with Crippen LogP contribution >= 0.6 is 0 Å². The van der Waals surface area contributed by atoms with Gasteiger partial charge in [-0.1, -0.05) is 43.3 Å². The van der Waals surface area contributed by atoms with Crippen LogP contribution in [-0.4, -0.2) is 20.1 Å². The molecule has 3 aromatic carbocycles. The molecule has 0 heterocycles. The molecule has 0 spiro atoms. The van der Waals surface area contributed by atoms with E-state index in [9.17, 15) is 4.79 Å². The van der Waals surface area contributed by atoms with E-state index < -0.39 is 0 Å². The van der Waals surface area contributed by atoms with Crippen LogP contribution in [0.25, 0.3) is 10.8 Å². The van der Waals surface area contributed by atoms with Gasteiger partial charge in [0.2, 0.25) is 5.91 Å². The van der Waals surface area contributed by atoms with Gasteiger partial charge in [-0.15, -0.1) is 0 Å². The lowest BCUT2D eigenvalue weighted by atomic mass is 9.96. The lowest BCUT2D eigenvalue weighted by Gasteiger charge is -2.21. The van der Waals surface area contributed by atoms with Crippen molar-refractivity contribution in [1.29, 1.82) is 0 Å². The monoisotopic (exact) mass is 377 g/mol. The average Bonchev–Trinajstić information content (AvgIpc) is 2.76. The fraction of sp³-hybridized carbons (Fsp3) is 0.292. The number of methoxy groups -OCH3 is 2. The minimum atomic E-state index is -0.237. The maximum Gasteiger partial charge on any atom is 0.227 e. The summed E-state index contributed by atoms with van der Waals surface area (Å²) in [5.41, 5.74) is 2.08. The van der Waals surface area contributed by atoms with E-state index in [1.165, 1.54) is 0 Å². The van der Waals surface area contributed by atoms with Crippen molar-refractivity contribution >= 4 is 16.7 Å². The van der Waals surface area contributed by atoms with Crippen molar-refractivity contribution in [3.05, 3.63) is 71.8 Å². The maximum atomic E-state index is 12.9. The van der Waals surface area contributed by atoms with Gasteiger partial charge in [0.15, 0.2) is 0 Å². The molecule has 28 heavy (non-hydrogen) atoms. The number of carbonyl (C=O) groups is 1. The van der Waals surface area contributed by atoms with Gasteiger partial charge in [0.25, 0.3) is 0 Å². The first-order valence-electron chi connectivity index (χ1n) is 9.57. The van der Waals surface area contributed by atoms with E-state index >= 15 is 0 Å². The third-order valence-corrected chi connectivity index (χ3v) is 5.21. The van der Waals surface area contributed by atoms with Gasteiger partial charge in [-0.25, -0.2) is 0 Å². The van der Waals surface area contributed by atoms with Crippen molar-refractivity contribution in [3.63, 3.8) is 0 Å². The predicted octanol–water partition coefficient (Wildman–Crippen LogP) is 5.23. The Morgan fingerprint density at radius 2 is 1.43 bits per heavy atom. The molecule has 0 saturated carbocycles. The third-order valence-electron chi connectivity index (χ3n) is 5.21. The summed E-state index contributed by atoms with van der Waals surface area (Å²) < 4.78 is 10.5. The number of rotatable bonds is 7. The molecule has 1 amide bonds. The Hall–Kier alpha value is -3.01. The molecule has 0 saturated heterocycles. The second kappa shape index (κ2) is 8.79. The second-order valence-corrected chi connectivity index (χ2v) is 6.94. The Kier molecular flexibility index (Phi) is 6.19. The van der Waals surface area contributed by atoms with Gasteiger partial charge in [0.1, 0.15) is 11.5 Å². The van der Waals surface area contributed by atoms with E-state index in [0.29, 0.717) is 0 Å². The van der Waals surface area contributed by atoms with Gasteiger partial charge in [0, 0.05) is 0 Å². The first kappa shape index (κ1) is 19.7. The maximum absolute atomic E-state index is 12.9. The van der Waals surface area contributed by atoms with Gasteiger partial charge in [0.05, 0.1) is 26.2 Å². The van der Waals surface area contributed by atoms with E-state index in [2.05, 4.69) is 18.3 Å². The second-order valence-electron chi connectivity index (χ2n) is 6.94. The highest BCUT2D eigenvalue weighted by atomic mass is 16.5. The van der Waals surface area contributed by atoms with Crippen LogP contribution in [0.2, 0.25) is 0 Å². The van der Waals surface area contributed by atoms with Crippen molar-refractivity contribution in [2.45, 2.75) is 32.2 Å². The molecule has 0 aliphatic heterocycles. The van der Waals surface area contributed by atoms with Gasteiger partial charge in [-0.3, -0.25) is 4.79 Å². The first-order valence-corrected chi connectivity index (χ1v) is 9.57. The molecule has 0 bridgehead atoms. The number of benzene rings is 3. The Morgan fingerprint density at radius 3 is 2.07 bits per heavy atom. The Labute approximate surface area is 166 Å². The van der Waals surface area contributed by atoms with Crippen LogP contribution in [0.1, 0.15) is 43.4 Å². The molecule has 146 valence electrons. The lowest BCUT2D eigenvalue weighted by Crippen LogP contribution is -2.31. The van der Waals surface area contributed by atoms with Crippen LogP contribution < -0.4 is 14.8 Å². The van der Waals surface area contributed by atoms with Crippen molar-refractivity contribution in [1.82, 2.24) is 5.32 Å². The van der Waals surface area contributed by atoms with Crippen LogP contribution in [0.3, 0.4) is 0 Å². The van der Waals surface area contributed by atoms with E-state index in [4.69, 9.17) is 9.47 Å². The summed E-state index contributed by atoms with van der Waals surface area (Å²) >= 11 is 0. The lowest BCUT2D eigenvalue weighted by molar-refractivity contribution is -0.123. The summed E-state index contributed by atoms with van der Waals surface area (Å²) in [5.74, 6) is 1.43. The molecule has 0 radical (unpaired) electrons. The zero-order chi connectivity index (χ0) is 20.1. The molecule has 2 atom stereocenters. The molecule has 3 aromatic rings. The summed E-state index contributed by atoms with van der Waals surface area (Å²) in [7, 11) is 3.31. The molecule has 0 unspecified atom stereocenters. The molecule has 0 fully saturated rings. The zero-order valence-electron chi connectivity index (χ0n) is 16.9. The molecule has 0 aliphatic carbocycles.